The Kier molecular flexibility index (Phi) is 5.50. The van der Waals surface area contributed by atoms with E-state index in [1.165, 1.54) is 7.11 Å². The van der Waals surface area contributed by atoms with E-state index < -0.39 is 11.9 Å². The third kappa shape index (κ3) is 4.04. The van der Waals surface area contributed by atoms with E-state index in [0.29, 0.717) is 5.56 Å². The fraction of sp³-hybridized carbons (Fsp3) is 0.222. The second-order valence-electron chi connectivity index (χ2n) is 5.12. The number of methoxy groups -OCH3 is 1. The van der Waals surface area contributed by atoms with Crippen LogP contribution in [-0.2, 0) is 9.53 Å². The van der Waals surface area contributed by atoms with Gasteiger partial charge in [-0.3, -0.25) is 9.59 Å². The predicted molar refractivity (Wildman–Crippen MR) is 89.0 cm³/mol. The molecule has 0 aliphatic rings. The first kappa shape index (κ1) is 16.4. The summed E-state index contributed by atoms with van der Waals surface area (Å²) in [6.45, 7) is 1.93. The van der Waals surface area contributed by atoms with Crippen molar-refractivity contribution in [3.05, 3.63) is 69.7 Å². The maximum atomic E-state index is 12.5. The summed E-state index contributed by atoms with van der Waals surface area (Å²) in [6.07, 6.45) is 0.0950. The van der Waals surface area contributed by atoms with Crippen LogP contribution in [0.1, 0.15) is 33.8 Å². The highest BCUT2D eigenvalue weighted by molar-refractivity contribution is 9.10. The van der Waals surface area contributed by atoms with Crippen molar-refractivity contribution < 1.29 is 14.3 Å². The topological polar surface area (TPSA) is 43.4 Å². The van der Waals surface area contributed by atoms with E-state index in [1.807, 2.05) is 49.4 Å². The zero-order chi connectivity index (χ0) is 16.1. The Labute approximate surface area is 138 Å². The normalized spacial score (nSPS) is 11.8. The molecule has 2 aromatic carbocycles. The Balaban J connectivity index is 2.25. The molecule has 0 amide bonds. The van der Waals surface area contributed by atoms with Crippen molar-refractivity contribution in [2.45, 2.75) is 19.3 Å². The second kappa shape index (κ2) is 7.36. The molecule has 4 heteroatoms. The zero-order valence-corrected chi connectivity index (χ0v) is 14.1. The summed E-state index contributed by atoms with van der Waals surface area (Å²) in [5.41, 5.74) is 2.41. The number of Topliss-reactive ketones (excluding diaryl/α,β-unsaturated/α-hetero) is 1. The first-order valence-electron chi connectivity index (χ1n) is 6.94. The van der Waals surface area contributed by atoms with Gasteiger partial charge in [0.15, 0.2) is 5.78 Å². The van der Waals surface area contributed by atoms with Crippen LogP contribution in [0.5, 0.6) is 0 Å². The van der Waals surface area contributed by atoms with E-state index >= 15 is 0 Å². The molecule has 114 valence electrons. The molecule has 0 bridgehead atoms. The Morgan fingerprint density at radius 1 is 1.14 bits per heavy atom. The number of carbonyl (C=O) groups excluding carboxylic acids is 2. The molecule has 0 N–H and O–H groups in total. The minimum atomic E-state index is -0.592. The van der Waals surface area contributed by atoms with Gasteiger partial charge in [-0.1, -0.05) is 51.8 Å². The van der Waals surface area contributed by atoms with Crippen LogP contribution >= 0.6 is 15.9 Å². The molecule has 0 spiro atoms. The van der Waals surface area contributed by atoms with E-state index in [9.17, 15) is 9.59 Å². The number of aryl methyl sites for hydroxylation is 1. The summed E-state index contributed by atoms with van der Waals surface area (Å²) in [6, 6.07) is 14.7. The lowest BCUT2D eigenvalue weighted by Crippen LogP contribution is -2.18. The second-order valence-corrected chi connectivity index (χ2v) is 6.04. The summed E-state index contributed by atoms with van der Waals surface area (Å²) < 4.78 is 5.78. The standard InChI is InChI=1S/C18H17BrO3/c1-12-4-3-5-14(10-12)17(20)11-16(18(21)22-2)13-6-8-15(19)9-7-13/h3-10,16H,11H2,1-2H3. The number of ketones is 1. The molecule has 22 heavy (non-hydrogen) atoms. The van der Waals surface area contributed by atoms with Crippen LogP contribution in [0.25, 0.3) is 0 Å². The molecule has 0 aromatic heterocycles. The number of carbonyl (C=O) groups is 2. The largest absolute Gasteiger partial charge is 0.469 e. The molecule has 0 saturated carbocycles. The van der Waals surface area contributed by atoms with Crippen LogP contribution < -0.4 is 0 Å². The maximum absolute atomic E-state index is 12.5. The number of benzene rings is 2. The molecule has 1 unspecified atom stereocenters. The minimum Gasteiger partial charge on any atom is -0.469 e. The molecule has 0 aliphatic heterocycles. The lowest BCUT2D eigenvalue weighted by molar-refractivity contribution is -0.142. The van der Waals surface area contributed by atoms with Crippen LogP contribution in [0, 0.1) is 6.92 Å². The molecule has 1 atom stereocenters. The average Bonchev–Trinajstić information content (AvgIpc) is 2.52. The number of hydrogen-bond donors (Lipinski definition) is 0. The van der Waals surface area contributed by atoms with E-state index in [1.54, 1.807) is 6.07 Å². The average molecular weight is 361 g/mol. The number of hydrogen-bond acceptors (Lipinski definition) is 3. The van der Waals surface area contributed by atoms with Crippen molar-refractivity contribution in [3.63, 3.8) is 0 Å². The molecule has 2 rings (SSSR count). The van der Waals surface area contributed by atoms with Gasteiger partial charge in [-0.2, -0.15) is 0 Å². The highest BCUT2D eigenvalue weighted by Crippen LogP contribution is 2.25. The van der Waals surface area contributed by atoms with Crippen molar-refractivity contribution in [1.82, 2.24) is 0 Å². The highest BCUT2D eigenvalue weighted by Gasteiger charge is 2.25. The van der Waals surface area contributed by atoms with E-state index in [4.69, 9.17) is 4.74 Å². The summed E-state index contributed by atoms with van der Waals surface area (Å²) in [4.78, 5) is 24.5. The molecule has 3 nitrogen and oxygen atoms in total. The minimum absolute atomic E-state index is 0.0676. The van der Waals surface area contributed by atoms with Gasteiger partial charge >= 0.3 is 5.97 Å². The van der Waals surface area contributed by atoms with Gasteiger partial charge in [0, 0.05) is 16.5 Å². The van der Waals surface area contributed by atoms with Crippen LogP contribution in [-0.4, -0.2) is 18.9 Å². The predicted octanol–water partition coefficient (Wildman–Crippen LogP) is 4.29. The smallest absolute Gasteiger partial charge is 0.313 e. The Morgan fingerprint density at radius 2 is 1.82 bits per heavy atom. The van der Waals surface area contributed by atoms with Gasteiger partial charge in [0.25, 0.3) is 0 Å². The van der Waals surface area contributed by atoms with Crippen LogP contribution in [0.4, 0.5) is 0 Å². The van der Waals surface area contributed by atoms with E-state index in [2.05, 4.69) is 15.9 Å². The van der Waals surface area contributed by atoms with Gasteiger partial charge in [0.1, 0.15) is 0 Å². The number of ether oxygens (including phenoxy) is 1. The van der Waals surface area contributed by atoms with Crippen molar-refractivity contribution in [2.75, 3.05) is 7.11 Å². The zero-order valence-electron chi connectivity index (χ0n) is 12.5. The first-order chi connectivity index (χ1) is 10.5. The fourth-order valence-corrected chi connectivity index (χ4v) is 2.56. The van der Waals surface area contributed by atoms with Gasteiger partial charge in [-0.05, 0) is 30.7 Å². The van der Waals surface area contributed by atoms with Gasteiger partial charge in [0.05, 0.1) is 13.0 Å². The van der Waals surface area contributed by atoms with Crippen molar-refractivity contribution in [3.8, 4) is 0 Å². The van der Waals surface area contributed by atoms with Gasteiger partial charge < -0.3 is 4.74 Å². The number of esters is 1. The SMILES string of the molecule is COC(=O)C(CC(=O)c1cccc(C)c1)c1ccc(Br)cc1. The van der Waals surface area contributed by atoms with E-state index in [-0.39, 0.29) is 12.2 Å². The highest BCUT2D eigenvalue weighted by atomic mass is 79.9. The fourth-order valence-electron chi connectivity index (χ4n) is 2.30. The lowest BCUT2D eigenvalue weighted by atomic mass is 9.91. The number of halogens is 1. The van der Waals surface area contributed by atoms with Gasteiger partial charge in [-0.15, -0.1) is 0 Å². The third-order valence-electron chi connectivity index (χ3n) is 3.49. The van der Waals surface area contributed by atoms with Gasteiger partial charge in [-0.25, -0.2) is 0 Å². The summed E-state index contributed by atoms with van der Waals surface area (Å²) in [5.74, 6) is -1.06. The molecular formula is C18H17BrO3. The summed E-state index contributed by atoms with van der Waals surface area (Å²) >= 11 is 3.36. The van der Waals surface area contributed by atoms with Crippen LogP contribution in [0.3, 0.4) is 0 Å². The molecule has 0 radical (unpaired) electrons. The maximum Gasteiger partial charge on any atom is 0.313 e. The summed E-state index contributed by atoms with van der Waals surface area (Å²) in [5, 5.41) is 0. The van der Waals surface area contributed by atoms with Crippen LogP contribution in [0.15, 0.2) is 53.0 Å². The lowest BCUT2D eigenvalue weighted by Gasteiger charge is -2.14. The Hall–Kier alpha value is -1.94. The van der Waals surface area contributed by atoms with Crippen molar-refractivity contribution in [2.24, 2.45) is 0 Å². The van der Waals surface area contributed by atoms with E-state index in [0.717, 1.165) is 15.6 Å². The van der Waals surface area contributed by atoms with Crippen molar-refractivity contribution in [1.29, 1.82) is 0 Å². The quantitative estimate of drug-likeness (QED) is 0.590. The first-order valence-corrected chi connectivity index (χ1v) is 7.73. The van der Waals surface area contributed by atoms with Crippen LogP contribution in [0.2, 0.25) is 0 Å². The number of rotatable bonds is 5. The molecule has 2 aromatic rings. The Morgan fingerprint density at radius 3 is 2.41 bits per heavy atom. The van der Waals surface area contributed by atoms with Crippen molar-refractivity contribution >= 4 is 27.7 Å². The molecule has 0 saturated heterocycles. The molecule has 0 heterocycles. The third-order valence-corrected chi connectivity index (χ3v) is 4.02. The Bertz CT molecular complexity index is 677. The van der Waals surface area contributed by atoms with Gasteiger partial charge in [0.2, 0.25) is 0 Å². The molecule has 0 aliphatic carbocycles. The molecular weight excluding hydrogens is 344 g/mol. The molecule has 0 fully saturated rings. The summed E-state index contributed by atoms with van der Waals surface area (Å²) in [7, 11) is 1.34. The monoisotopic (exact) mass is 360 g/mol.